The van der Waals surface area contributed by atoms with Crippen LogP contribution in [0.4, 0.5) is 0 Å². The molecule has 1 aromatic carbocycles. The minimum Gasteiger partial charge on any atom is -0.355 e. The number of nitrogens with one attached hydrogen (secondary N) is 1. The van der Waals surface area contributed by atoms with Crippen molar-refractivity contribution in [3.63, 3.8) is 0 Å². The molecule has 0 saturated carbocycles. The Bertz CT molecular complexity index is 920. The van der Waals surface area contributed by atoms with Crippen molar-refractivity contribution in [3.05, 3.63) is 65.5 Å². The molecule has 6 heteroatoms. The second kappa shape index (κ2) is 9.18. The van der Waals surface area contributed by atoms with Gasteiger partial charge in [-0.05, 0) is 68.0 Å². The van der Waals surface area contributed by atoms with Gasteiger partial charge in [0, 0.05) is 45.0 Å². The van der Waals surface area contributed by atoms with Crippen LogP contribution in [0.2, 0.25) is 0 Å². The van der Waals surface area contributed by atoms with E-state index in [-0.39, 0.29) is 23.1 Å². The zero-order valence-corrected chi connectivity index (χ0v) is 18.5. The lowest BCUT2D eigenvalue weighted by Gasteiger charge is -2.40. The van der Waals surface area contributed by atoms with E-state index in [1.165, 1.54) is 11.1 Å². The summed E-state index contributed by atoms with van der Waals surface area (Å²) in [5, 5.41) is 3.06. The number of likely N-dealkylation sites (N-methyl/N-ethyl adjacent to an activating group) is 1. The van der Waals surface area contributed by atoms with Crippen molar-refractivity contribution in [2.75, 3.05) is 40.3 Å². The summed E-state index contributed by atoms with van der Waals surface area (Å²) in [6, 6.07) is 12.2. The molecule has 6 nitrogen and oxygen atoms in total. The molecule has 1 unspecified atom stereocenters. The highest BCUT2D eigenvalue weighted by atomic mass is 16.2. The Morgan fingerprint density at radius 3 is 2.65 bits per heavy atom. The highest BCUT2D eigenvalue weighted by Crippen LogP contribution is 2.52. The zero-order valence-electron chi connectivity index (χ0n) is 18.5. The highest BCUT2D eigenvalue weighted by molar-refractivity contribution is 5.94. The van der Waals surface area contributed by atoms with E-state index in [1.807, 2.05) is 25.1 Å². The van der Waals surface area contributed by atoms with Crippen molar-refractivity contribution in [2.24, 2.45) is 0 Å². The van der Waals surface area contributed by atoms with E-state index in [1.54, 1.807) is 18.5 Å². The molecule has 1 aromatic heterocycles. The number of hydrogen-bond donors (Lipinski definition) is 1. The van der Waals surface area contributed by atoms with Crippen LogP contribution in [0.15, 0.2) is 48.8 Å². The zero-order chi connectivity index (χ0) is 21.8. The van der Waals surface area contributed by atoms with Crippen LogP contribution in [0.25, 0.3) is 0 Å². The summed E-state index contributed by atoms with van der Waals surface area (Å²) < 4.78 is 0. The van der Waals surface area contributed by atoms with Crippen LogP contribution in [-0.4, -0.2) is 66.9 Å². The maximum atomic E-state index is 12.8. The number of aromatic nitrogens is 1. The van der Waals surface area contributed by atoms with Gasteiger partial charge in [0.15, 0.2) is 0 Å². The third kappa shape index (κ3) is 4.64. The van der Waals surface area contributed by atoms with Crippen LogP contribution in [0.3, 0.4) is 0 Å². The fourth-order valence-corrected chi connectivity index (χ4v) is 5.21. The number of nitrogens with zero attached hydrogens (tertiary/aromatic N) is 3. The standard InChI is InChI=1S/C25H32N4O2/c1-28(2)15-12-27-23(30)16-20-17-25(22-8-4-3-7-21(20)22)9-13-29(14-10-25)24(31)19-6-5-11-26-18-19/h3-8,11,18,20H,9-10,12-17H2,1-2H3,(H,27,30). The molecule has 1 atom stereocenters. The van der Waals surface area contributed by atoms with E-state index in [9.17, 15) is 9.59 Å². The molecule has 2 heterocycles. The number of amides is 2. The molecule has 164 valence electrons. The van der Waals surface area contributed by atoms with Crippen LogP contribution in [-0.2, 0) is 10.2 Å². The number of likely N-dealkylation sites (tertiary alicyclic amines) is 1. The molecule has 2 amide bonds. The molecule has 1 N–H and O–H groups in total. The molecular formula is C25H32N4O2. The maximum absolute atomic E-state index is 12.8. The molecule has 31 heavy (non-hydrogen) atoms. The fraction of sp³-hybridized carbons (Fsp3) is 0.480. The Labute approximate surface area is 184 Å². The Kier molecular flexibility index (Phi) is 6.37. The predicted octanol–water partition coefficient (Wildman–Crippen LogP) is 2.81. The predicted molar refractivity (Wildman–Crippen MR) is 121 cm³/mol. The van der Waals surface area contributed by atoms with Gasteiger partial charge in [0.1, 0.15) is 0 Å². The summed E-state index contributed by atoms with van der Waals surface area (Å²) >= 11 is 0. The fourth-order valence-electron chi connectivity index (χ4n) is 5.21. The van der Waals surface area contributed by atoms with Gasteiger partial charge in [0.2, 0.25) is 5.91 Å². The average Bonchev–Trinajstić information content (AvgIpc) is 3.07. The molecule has 2 aliphatic rings. The molecule has 0 bridgehead atoms. The molecule has 4 rings (SSSR count). The molecule has 1 saturated heterocycles. The number of rotatable bonds is 6. The quantitative estimate of drug-likeness (QED) is 0.781. The van der Waals surface area contributed by atoms with Crippen molar-refractivity contribution in [3.8, 4) is 0 Å². The van der Waals surface area contributed by atoms with E-state index in [0.29, 0.717) is 18.5 Å². The number of piperidine rings is 1. The van der Waals surface area contributed by atoms with Gasteiger partial charge in [-0.25, -0.2) is 0 Å². The van der Waals surface area contributed by atoms with Crippen molar-refractivity contribution in [2.45, 2.75) is 37.0 Å². The Hall–Kier alpha value is -2.73. The topological polar surface area (TPSA) is 65.5 Å². The highest BCUT2D eigenvalue weighted by Gasteiger charge is 2.46. The van der Waals surface area contributed by atoms with Gasteiger partial charge in [0.25, 0.3) is 5.91 Å². The van der Waals surface area contributed by atoms with E-state index < -0.39 is 0 Å². The monoisotopic (exact) mass is 420 g/mol. The van der Waals surface area contributed by atoms with Crippen molar-refractivity contribution >= 4 is 11.8 Å². The third-order valence-corrected chi connectivity index (χ3v) is 6.84. The van der Waals surface area contributed by atoms with Gasteiger partial charge in [-0.15, -0.1) is 0 Å². The summed E-state index contributed by atoms with van der Waals surface area (Å²) in [6.07, 6.45) is 6.73. The number of carbonyl (C=O) groups is 2. The molecule has 2 aromatic rings. The van der Waals surface area contributed by atoms with Crippen LogP contribution < -0.4 is 5.32 Å². The Morgan fingerprint density at radius 2 is 1.94 bits per heavy atom. The summed E-state index contributed by atoms with van der Waals surface area (Å²) in [5.74, 6) is 0.435. The number of hydrogen-bond acceptors (Lipinski definition) is 4. The second-order valence-corrected chi connectivity index (χ2v) is 9.16. The summed E-state index contributed by atoms with van der Waals surface area (Å²) in [5.41, 5.74) is 3.42. The lowest BCUT2D eigenvalue weighted by molar-refractivity contribution is -0.121. The first-order valence-electron chi connectivity index (χ1n) is 11.2. The van der Waals surface area contributed by atoms with Gasteiger partial charge in [-0.1, -0.05) is 24.3 Å². The van der Waals surface area contributed by atoms with Crippen LogP contribution in [0, 0.1) is 0 Å². The van der Waals surface area contributed by atoms with Gasteiger partial charge in [-0.3, -0.25) is 14.6 Å². The van der Waals surface area contributed by atoms with E-state index in [2.05, 4.69) is 39.5 Å². The van der Waals surface area contributed by atoms with Crippen LogP contribution >= 0.6 is 0 Å². The summed E-state index contributed by atoms with van der Waals surface area (Å²) in [7, 11) is 4.02. The minimum atomic E-state index is 0.0612. The van der Waals surface area contributed by atoms with Gasteiger partial charge in [0.05, 0.1) is 5.56 Å². The van der Waals surface area contributed by atoms with Crippen LogP contribution in [0.5, 0.6) is 0 Å². The second-order valence-electron chi connectivity index (χ2n) is 9.16. The Morgan fingerprint density at radius 1 is 1.16 bits per heavy atom. The number of benzene rings is 1. The number of pyridine rings is 1. The number of fused-ring (bicyclic) bond motifs is 2. The first-order valence-corrected chi connectivity index (χ1v) is 11.2. The van der Waals surface area contributed by atoms with Gasteiger partial charge < -0.3 is 15.1 Å². The maximum Gasteiger partial charge on any atom is 0.255 e. The normalized spacial score (nSPS) is 19.5. The van der Waals surface area contributed by atoms with Crippen molar-refractivity contribution < 1.29 is 9.59 Å². The van der Waals surface area contributed by atoms with Crippen LogP contribution in [0.1, 0.15) is 53.1 Å². The molecule has 1 aliphatic carbocycles. The SMILES string of the molecule is CN(C)CCNC(=O)CC1CC2(CCN(C(=O)c3cccnc3)CC2)c2ccccc21. The molecule has 1 fully saturated rings. The summed E-state index contributed by atoms with van der Waals surface area (Å²) in [4.78, 5) is 33.5. The van der Waals surface area contributed by atoms with E-state index in [0.717, 1.165) is 38.9 Å². The van der Waals surface area contributed by atoms with E-state index >= 15 is 0 Å². The lowest BCUT2D eigenvalue weighted by atomic mass is 9.73. The average molecular weight is 421 g/mol. The van der Waals surface area contributed by atoms with Gasteiger partial charge in [-0.2, -0.15) is 0 Å². The van der Waals surface area contributed by atoms with Gasteiger partial charge >= 0.3 is 0 Å². The molecule has 1 spiro atoms. The Balaban J connectivity index is 1.43. The van der Waals surface area contributed by atoms with Crippen molar-refractivity contribution in [1.29, 1.82) is 0 Å². The molecule has 1 aliphatic heterocycles. The largest absolute Gasteiger partial charge is 0.355 e. The summed E-state index contributed by atoms with van der Waals surface area (Å²) in [6.45, 7) is 3.00. The lowest BCUT2D eigenvalue weighted by Crippen LogP contribution is -2.44. The smallest absolute Gasteiger partial charge is 0.255 e. The first-order chi connectivity index (χ1) is 15.0. The number of carbonyl (C=O) groups excluding carboxylic acids is 2. The molecular weight excluding hydrogens is 388 g/mol. The minimum absolute atomic E-state index is 0.0612. The third-order valence-electron chi connectivity index (χ3n) is 6.84. The van der Waals surface area contributed by atoms with E-state index in [4.69, 9.17) is 0 Å². The first kappa shape index (κ1) is 21.5. The van der Waals surface area contributed by atoms with Crippen molar-refractivity contribution in [1.82, 2.24) is 20.1 Å². The molecule has 0 radical (unpaired) electrons.